The molecule has 1 N–H and O–H groups in total. The van der Waals surface area contributed by atoms with Gasteiger partial charge in [-0.05, 0) is 44.2 Å². The number of nitrogens with zero attached hydrogens (tertiary/aromatic N) is 2. The van der Waals surface area contributed by atoms with Gasteiger partial charge in [-0.1, -0.05) is 18.2 Å². The van der Waals surface area contributed by atoms with Gasteiger partial charge >= 0.3 is 0 Å². The Balaban J connectivity index is 2.21. The average Bonchev–Trinajstić information content (AvgIpc) is 2.85. The quantitative estimate of drug-likeness (QED) is 0.892. The molecule has 3 heteroatoms. The lowest BCUT2D eigenvalue weighted by molar-refractivity contribution is 0.900. The molecule has 0 saturated carbocycles. The van der Waals surface area contributed by atoms with Gasteiger partial charge in [0.1, 0.15) is 5.82 Å². The van der Waals surface area contributed by atoms with Crippen LogP contribution >= 0.6 is 0 Å². The number of aryl methyl sites for hydroxylation is 3. The highest BCUT2D eigenvalue weighted by atomic mass is 15.0. The summed E-state index contributed by atoms with van der Waals surface area (Å²) in [5, 5.41) is 3.23. The van der Waals surface area contributed by atoms with Gasteiger partial charge in [0.15, 0.2) is 5.82 Å². The Morgan fingerprint density at radius 3 is 2.47 bits per heavy atom. The molecule has 98 valence electrons. The molecule has 1 aliphatic carbocycles. The number of hydrogen-bond donors (Lipinski definition) is 1. The molecular weight excluding hydrogens is 234 g/mol. The molecule has 2 aromatic rings. The second-order valence-electron chi connectivity index (χ2n) is 5.19. The van der Waals surface area contributed by atoms with Gasteiger partial charge in [-0.25, -0.2) is 9.97 Å². The molecule has 0 fully saturated rings. The zero-order chi connectivity index (χ0) is 13.4. The topological polar surface area (TPSA) is 37.8 Å². The molecule has 1 aromatic heterocycles. The third-order valence-electron chi connectivity index (χ3n) is 3.87. The highest BCUT2D eigenvalue weighted by Gasteiger charge is 2.20. The van der Waals surface area contributed by atoms with Crippen molar-refractivity contribution >= 4 is 5.82 Å². The fourth-order valence-corrected chi connectivity index (χ4v) is 2.92. The number of fused-ring (bicyclic) bond motifs is 1. The lowest BCUT2D eigenvalue weighted by atomic mass is 10.0. The number of anilines is 1. The summed E-state index contributed by atoms with van der Waals surface area (Å²) in [5.41, 5.74) is 6.17. The molecule has 0 saturated heterocycles. The first-order chi connectivity index (χ1) is 9.20. The van der Waals surface area contributed by atoms with E-state index in [1.54, 1.807) is 0 Å². The summed E-state index contributed by atoms with van der Waals surface area (Å²) in [7, 11) is 1.94. The van der Waals surface area contributed by atoms with Crippen molar-refractivity contribution in [3.63, 3.8) is 0 Å². The summed E-state index contributed by atoms with van der Waals surface area (Å²) < 4.78 is 0. The number of rotatable bonds is 2. The fourth-order valence-electron chi connectivity index (χ4n) is 2.92. The number of aromatic nitrogens is 2. The smallest absolute Gasteiger partial charge is 0.162 e. The van der Waals surface area contributed by atoms with Crippen molar-refractivity contribution in [2.24, 2.45) is 0 Å². The van der Waals surface area contributed by atoms with Crippen LogP contribution in [0.5, 0.6) is 0 Å². The van der Waals surface area contributed by atoms with Crippen LogP contribution in [0.3, 0.4) is 0 Å². The van der Waals surface area contributed by atoms with E-state index in [1.807, 2.05) is 7.05 Å². The minimum absolute atomic E-state index is 0.862. The molecule has 1 heterocycles. The monoisotopic (exact) mass is 253 g/mol. The second-order valence-corrected chi connectivity index (χ2v) is 5.19. The SMILES string of the molecule is CNc1nc(-c2c(C)cccc2C)nc2c1CCC2. The van der Waals surface area contributed by atoms with E-state index in [2.05, 4.69) is 37.4 Å². The van der Waals surface area contributed by atoms with Crippen LogP contribution in [0.15, 0.2) is 18.2 Å². The van der Waals surface area contributed by atoms with Crippen LogP contribution in [0.25, 0.3) is 11.4 Å². The van der Waals surface area contributed by atoms with Gasteiger partial charge in [-0.15, -0.1) is 0 Å². The minimum atomic E-state index is 0.862. The highest BCUT2D eigenvalue weighted by molar-refractivity contribution is 5.67. The minimum Gasteiger partial charge on any atom is -0.373 e. The van der Waals surface area contributed by atoms with Crippen molar-refractivity contribution in [2.45, 2.75) is 33.1 Å². The van der Waals surface area contributed by atoms with E-state index in [0.717, 1.165) is 24.5 Å². The van der Waals surface area contributed by atoms with Gasteiger partial charge in [0.2, 0.25) is 0 Å². The zero-order valence-electron chi connectivity index (χ0n) is 11.7. The molecule has 1 aromatic carbocycles. The summed E-state index contributed by atoms with van der Waals surface area (Å²) in [6.07, 6.45) is 3.36. The van der Waals surface area contributed by atoms with Crippen molar-refractivity contribution < 1.29 is 0 Å². The van der Waals surface area contributed by atoms with Gasteiger partial charge < -0.3 is 5.32 Å². The van der Waals surface area contributed by atoms with Crippen molar-refractivity contribution in [1.82, 2.24) is 9.97 Å². The lowest BCUT2D eigenvalue weighted by Crippen LogP contribution is -2.04. The molecule has 3 rings (SSSR count). The lowest BCUT2D eigenvalue weighted by Gasteiger charge is -2.12. The Morgan fingerprint density at radius 2 is 1.79 bits per heavy atom. The van der Waals surface area contributed by atoms with Crippen molar-refractivity contribution in [3.8, 4) is 11.4 Å². The average molecular weight is 253 g/mol. The molecule has 19 heavy (non-hydrogen) atoms. The Labute approximate surface area is 114 Å². The summed E-state index contributed by atoms with van der Waals surface area (Å²) in [6, 6.07) is 6.33. The van der Waals surface area contributed by atoms with Crippen LogP contribution in [0, 0.1) is 13.8 Å². The van der Waals surface area contributed by atoms with Crippen molar-refractivity contribution in [1.29, 1.82) is 0 Å². The predicted molar refractivity (Wildman–Crippen MR) is 78.5 cm³/mol. The van der Waals surface area contributed by atoms with Crippen LogP contribution < -0.4 is 5.32 Å². The van der Waals surface area contributed by atoms with Gasteiger partial charge in [0, 0.05) is 23.9 Å². The van der Waals surface area contributed by atoms with Gasteiger partial charge in [-0.2, -0.15) is 0 Å². The number of nitrogens with one attached hydrogen (secondary N) is 1. The van der Waals surface area contributed by atoms with E-state index < -0.39 is 0 Å². The maximum absolute atomic E-state index is 4.80. The molecule has 0 amide bonds. The predicted octanol–water partition coefficient (Wildman–Crippen LogP) is 3.29. The van der Waals surface area contributed by atoms with Crippen LogP contribution in [0.2, 0.25) is 0 Å². The third kappa shape index (κ3) is 1.99. The summed E-state index contributed by atoms with van der Waals surface area (Å²) in [5.74, 6) is 1.86. The Kier molecular flexibility index (Phi) is 2.97. The van der Waals surface area contributed by atoms with Crippen molar-refractivity contribution in [3.05, 3.63) is 40.6 Å². The van der Waals surface area contributed by atoms with E-state index >= 15 is 0 Å². The van der Waals surface area contributed by atoms with Gasteiger partial charge in [0.25, 0.3) is 0 Å². The Morgan fingerprint density at radius 1 is 1.05 bits per heavy atom. The van der Waals surface area contributed by atoms with Crippen LogP contribution in [-0.4, -0.2) is 17.0 Å². The molecule has 0 unspecified atom stereocenters. The standard InChI is InChI=1S/C16H19N3/c1-10-6-4-7-11(2)14(10)16-18-13-9-5-8-12(13)15(17-3)19-16/h4,6-7H,5,8-9H2,1-3H3,(H,17,18,19). The maximum atomic E-state index is 4.80. The van der Waals surface area contributed by atoms with E-state index in [0.29, 0.717) is 0 Å². The van der Waals surface area contributed by atoms with Crippen LogP contribution in [0.4, 0.5) is 5.82 Å². The molecule has 3 nitrogen and oxygen atoms in total. The van der Waals surface area contributed by atoms with Gasteiger partial charge in [0.05, 0.1) is 0 Å². The molecule has 0 aliphatic heterocycles. The normalized spacial score (nSPS) is 13.4. The first kappa shape index (κ1) is 12.2. The van der Waals surface area contributed by atoms with E-state index in [1.165, 1.54) is 34.4 Å². The molecule has 0 radical (unpaired) electrons. The van der Waals surface area contributed by atoms with Crippen LogP contribution in [-0.2, 0) is 12.8 Å². The van der Waals surface area contributed by atoms with E-state index in [-0.39, 0.29) is 0 Å². The first-order valence-electron chi connectivity index (χ1n) is 6.85. The zero-order valence-corrected chi connectivity index (χ0v) is 11.7. The fraction of sp³-hybridized carbons (Fsp3) is 0.375. The largest absolute Gasteiger partial charge is 0.373 e. The van der Waals surface area contributed by atoms with Gasteiger partial charge in [-0.3, -0.25) is 0 Å². The molecule has 0 spiro atoms. The Hall–Kier alpha value is -1.90. The summed E-state index contributed by atoms with van der Waals surface area (Å²) in [4.78, 5) is 9.54. The maximum Gasteiger partial charge on any atom is 0.162 e. The molecule has 0 atom stereocenters. The molecule has 1 aliphatic rings. The number of benzene rings is 1. The summed E-state index contributed by atoms with van der Waals surface area (Å²) >= 11 is 0. The molecule has 0 bridgehead atoms. The van der Waals surface area contributed by atoms with Crippen molar-refractivity contribution in [2.75, 3.05) is 12.4 Å². The Bertz CT molecular complexity index is 612. The van der Waals surface area contributed by atoms with E-state index in [9.17, 15) is 0 Å². The summed E-state index contributed by atoms with van der Waals surface area (Å²) in [6.45, 7) is 4.25. The van der Waals surface area contributed by atoms with Crippen LogP contribution in [0.1, 0.15) is 28.8 Å². The number of hydrogen-bond acceptors (Lipinski definition) is 3. The third-order valence-corrected chi connectivity index (χ3v) is 3.87. The highest BCUT2D eigenvalue weighted by Crippen LogP contribution is 2.31. The molecular formula is C16H19N3. The van der Waals surface area contributed by atoms with E-state index in [4.69, 9.17) is 9.97 Å². The second kappa shape index (κ2) is 4.65. The first-order valence-corrected chi connectivity index (χ1v) is 6.85.